The molecule has 7 heteroatoms. The molecule has 0 radical (unpaired) electrons. The molecule has 2 aromatic rings. The lowest BCUT2D eigenvalue weighted by molar-refractivity contribution is 0.0951. The summed E-state index contributed by atoms with van der Waals surface area (Å²) in [6, 6.07) is 9.96. The minimum atomic E-state index is 0.0422. The number of carbonyl (C=O) groups is 1. The van der Waals surface area contributed by atoms with Crippen molar-refractivity contribution in [3.63, 3.8) is 0 Å². The Labute approximate surface area is 200 Å². The molecule has 0 bridgehead atoms. The fourth-order valence-electron chi connectivity index (χ4n) is 4.67. The van der Waals surface area contributed by atoms with Gasteiger partial charge in [-0.2, -0.15) is 0 Å². The van der Waals surface area contributed by atoms with Crippen LogP contribution in [0.15, 0.2) is 30.3 Å². The molecule has 0 spiro atoms. The number of carbonyl (C=O) groups excluding carboxylic acids is 1. The maximum Gasteiger partial charge on any atom is 0.186 e. The lowest BCUT2D eigenvalue weighted by atomic mass is 9.90. The van der Waals surface area contributed by atoms with E-state index in [2.05, 4.69) is 17.0 Å². The molecule has 6 nitrogen and oxygen atoms in total. The summed E-state index contributed by atoms with van der Waals surface area (Å²) in [6.07, 6.45) is 5.87. The molecule has 0 atom stereocenters. The highest BCUT2D eigenvalue weighted by Gasteiger charge is 2.26. The number of Topliss-reactive ketones (excluding diaryl/α,β-unsaturated/α-hetero) is 1. The molecule has 0 unspecified atom stereocenters. The topological polar surface area (TPSA) is 74.0 Å². The van der Waals surface area contributed by atoms with Crippen LogP contribution >= 0.6 is 11.6 Å². The van der Waals surface area contributed by atoms with Crippen LogP contribution < -0.4 is 19.9 Å². The molecule has 0 aliphatic carbocycles. The van der Waals surface area contributed by atoms with Crippen LogP contribution in [0.2, 0.25) is 5.02 Å². The van der Waals surface area contributed by atoms with Gasteiger partial charge in [-0.15, -0.1) is 0 Å². The van der Waals surface area contributed by atoms with Gasteiger partial charge < -0.3 is 24.8 Å². The van der Waals surface area contributed by atoms with Crippen molar-refractivity contribution in [1.82, 2.24) is 4.90 Å². The second-order valence-corrected chi connectivity index (χ2v) is 9.28. The molecule has 178 valence electrons. The molecule has 2 aromatic carbocycles. The van der Waals surface area contributed by atoms with Crippen LogP contribution in [0.3, 0.4) is 0 Å². The number of rotatable bonds is 9. The van der Waals surface area contributed by atoms with Crippen molar-refractivity contribution in [1.29, 1.82) is 0 Å². The fourth-order valence-corrected chi connectivity index (χ4v) is 4.87. The minimum Gasteiger partial charge on any atom is -0.497 e. The summed E-state index contributed by atoms with van der Waals surface area (Å²) >= 11 is 6.23. The first-order valence-electron chi connectivity index (χ1n) is 11.8. The maximum atomic E-state index is 13.0. The highest BCUT2D eigenvalue weighted by molar-refractivity contribution is 6.34. The zero-order chi connectivity index (χ0) is 23.2. The second kappa shape index (κ2) is 11.1. The Hall–Kier alpha value is -2.44. The lowest BCUT2D eigenvalue weighted by Gasteiger charge is -2.32. The first kappa shape index (κ1) is 23.7. The van der Waals surface area contributed by atoms with Crippen molar-refractivity contribution in [3.8, 4) is 17.2 Å². The number of anilines is 1. The van der Waals surface area contributed by atoms with Crippen molar-refractivity contribution < 1.29 is 19.0 Å². The molecule has 2 aliphatic heterocycles. The Kier molecular flexibility index (Phi) is 7.99. The molecule has 0 amide bonds. The van der Waals surface area contributed by atoms with Crippen molar-refractivity contribution >= 4 is 23.1 Å². The van der Waals surface area contributed by atoms with Crippen molar-refractivity contribution in [2.45, 2.75) is 38.5 Å². The zero-order valence-corrected chi connectivity index (χ0v) is 20.0. The van der Waals surface area contributed by atoms with Gasteiger partial charge in [-0.1, -0.05) is 23.7 Å². The summed E-state index contributed by atoms with van der Waals surface area (Å²) in [5.41, 5.74) is 8.17. The number of aryl methyl sites for hydroxylation is 1. The largest absolute Gasteiger partial charge is 0.497 e. The van der Waals surface area contributed by atoms with E-state index in [1.54, 1.807) is 13.2 Å². The van der Waals surface area contributed by atoms with Crippen LogP contribution in [-0.4, -0.2) is 50.6 Å². The van der Waals surface area contributed by atoms with Crippen LogP contribution in [0.25, 0.3) is 0 Å². The predicted octanol–water partition coefficient (Wildman–Crippen LogP) is 5.01. The Bertz CT molecular complexity index is 956. The molecule has 1 fully saturated rings. The summed E-state index contributed by atoms with van der Waals surface area (Å²) in [5, 5.41) is 0.338. The van der Waals surface area contributed by atoms with E-state index in [9.17, 15) is 4.79 Å². The summed E-state index contributed by atoms with van der Waals surface area (Å²) in [4.78, 5) is 15.5. The van der Waals surface area contributed by atoms with Gasteiger partial charge in [-0.25, -0.2) is 0 Å². The van der Waals surface area contributed by atoms with E-state index in [0.717, 1.165) is 57.5 Å². The van der Waals surface area contributed by atoms with Gasteiger partial charge in [-0.3, -0.25) is 4.79 Å². The van der Waals surface area contributed by atoms with E-state index in [0.29, 0.717) is 53.3 Å². The van der Waals surface area contributed by atoms with E-state index in [4.69, 9.17) is 31.5 Å². The van der Waals surface area contributed by atoms with Crippen molar-refractivity contribution in [3.05, 3.63) is 46.5 Å². The molecule has 0 aromatic heterocycles. The Morgan fingerprint density at radius 2 is 1.85 bits per heavy atom. The first-order valence-corrected chi connectivity index (χ1v) is 12.2. The van der Waals surface area contributed by atoms with Gasteiger partial charge in [0.1, 0.15) is 19.0 Å². The molecule has 1 saturated heterocycles. The van der Waals surface area contributed by atoms with Crippen molar-refractivity contribution in [2.24, 2.45) is 5.92 Å². The average Bonchev–Trinajstić information content (AvgIpc) is 2.86. The average molecular weight is 473 g/mol. The molecular weight excluding hydrogens is 440 g/mol. The van der Waals surface area contributed by atoms with Gasteiger partial charge in [0, 0.05) is 6.42 Å². The fraction of sp³-hybridized carbons (Fsp3) is 0.500. The van der Waals surface area contributed by atoms with E-state index in [1.807, 2.05) is 12.1 Å². The first-order chi connectivity index (χ1) is 16.0. The summed E-state index contributed by atoms with van der Waals surface area (Å²) in [5.74, 6) is 2.36. The molecule has 2 aliphatic rings. The normalized spacial score (nSPS) is 16.5. The smallest absolute Gasteiger partial charge is 0.186 e. The number of ether oxygens (including phenoxy) is 3. The third kappa shape index (κ3) is 5.92. The molecule has 2 heterocycles. The number of benzene rings is 2. The third-order valence-electron chi connectivity index (χ3n) is 6.69. The number of fused-ring (bicyclic) bond motifs is 1. The number of nitrogens with zero attached hydrogens (tertiary/aromatic N) is 1. The Morgan fingerprint density at radius 1 is 1.15 bits per heavy atom. The SMILES string of the molecule is COc1ccc(CCCN2CCC(CCC(=O)c3cc(Cl)c(N)c4c3OCCO4)CC2)cc1. The summed E-state index contributed by atoms with van der Waals surface area (Å²) in [7, 11) is 1.69. The Morgan fingerprint density at radius 3 is 2.55 bits per heavy atom. The predicted molar refractivity (Wildman–Crippen MR) is 131 cm³/mol. The van der Waals surface area contributed by atoms with E-state index < -0.39 is 0 Å². The number of nitrogen functional groups attached to an aromatic ring is 1. The minimum absolute atomic E-state index is 0.0422. The van der Waals surface area contributed by atoms with Gasteiger partial charge in [0.15, 0.2) is 17.3 Å². The number of likely N-dealkylation sites (tertiary alicyclic amines) is 1. The molecular formula is C26H33ClN2O4. The molecule has 2 N–H and O–H groups in total. The van der Waals surface area contributed by atoms with Crippen LogP contribution in [0.5, 0.6) is 17.2 Å². The number of nitrogens with two attached hydrogens (primary N) is 1. The van der Waals surface area contributed by atoms with E-state index in [1.165, 1.54) is 5.56 Å². The molecule has 4 rings (SSSR count). The number of ketones is 1. The van der Waals surface area contributed by atoms with E-state index in [-0.39, 0.29) is 5.78 Å². The van der Waals surface area contributed by atoms with Gasteiger partial charge in [0.05, 0.1) is 23.4 Å². The zero-order valence-electron chi connectivity index (χ0n) is 19.3. The maximum absolute atomic E-state index is 13.0. The van der Waals surface area contributed by atoms with E-state index >= 15 is 0 Å². The molecule has 0 saturated carbocycles. The number of halogens is 1. The number of hydrogen-bond donors (Lipinski definition) is 1. The summed E-state index contributed by atoms with van der Waals surface area (Å²) < 4.78 is 16.5. The third-order valence-corrected chi connectivity index (χ3v) is 7.00. The highest BCUT2D eigenvalue weighted by Crippen LogP contribution is 2.44. The second-order valence-electron chi connectivity index (χ2n) is 8.87. The van der Waals surface area contributed by atoms with Crippen LogP contribution in [-0.2, 0) is 6.42 Å². The number of methoxy groups -OCH3 is 1. The van der Waals surface area contributed by atoms with Crippen LogP contribution in [0.4, 0.5) is 5.69 Å². The highest BCUT2D eigenvalue weighted by atomic mass is 35.5. The molecule has 33 heavy (non-hydrogen) atoms. The van der Waals surface area contributed by atoms with Gasteiger partial charge in [-0.05, 0) is 81.4 Å². The van der Waals surface area contributed by atoms with Gasteiger partial charge in [0.2, 0.25) is 0 Å². The summed E-state index contributed by atoms with van der Waals surface area (Å²) in [6.45, 7) is 4.13. The number of piperidine rings is 1. The van der Waals surface area contributed by atoms with Crippen molar-refractivity contribution in [2.75, 3.05) is 45.7 Å². The van der Waals surface area contributed by atoms with Crippen LogP contribution in [0, 0.1) is 5.92 Å². The number of hydrogen-bond acceptors (Lipinski definition) is 6. The quantitative estimate of drug-likeness (QED) is 0.408. The van der Waals surface area contributed by atoms with Gasteiger partial charge in [0.25, 0.3) is 0 Å². The monoisotopic (exact) mass is 472 g/mol. The van der Waals surface area contributed by atoms with Crippen LogP contribution in [0.1, 0.15) is 48.0 Å². The Balaban J connectivity index is 1.20. The lowest BCUT2D eigenvalue weighted by Crippen LogP contribution is -2.34. The van der Waals surface area contributed by atoms with Gasteiger partial charge >= 0.3 is 0 Å². The standard InChI is InChI=1S/C26H33ClN2O4/c1-31-20-7-4-18(5-8-20)3-2-12-29-13-10-19(11-14-29)6-9-23(30)21-17-22(27)24(28)26-25(21)32-15-16-33-26/h4-5,7-8,17,19H,2-3,6,9-16,28H2,1H3.